The first kappa shape index (κ1) is 18.4. The molecule has 0 spiro atoms. The van der Waals surface area contributed by atoms with Crippen LogP contribution >= 0.6 is 0 Å². The maximum Gasteiger partial charge on any atom is 0.252 e. The van der Waals surface area contributed by atoms with Crippen LogP contribution in [0.15, 0.2) is 91.0 Å². The number of aryl methyl sites for hydroxylation is 1. The lowest BCUT2D eigenvalue weighted by molar-refractivity contribution is 0.0930. The summed E-state index contributed by atoms with van der Waals surface area (Å²) in [4.78, 5) is 13.3. The Hall–Kier alpha value is -3.59. The summed E-state index contributed by atoms with van der Waals surface area (Å²) in [6.45, 7) is 1.96. The summed E-state index contributed by atoms with van der Waals surface area (Å²) in [5.41, 5.74) is 2.49. The molecule has 3 heteroatoms. The van der Waals surface area contributed by atoms with Crippen molar-refractivity contribution in [2.45, 2.75) is 25.3 Å². The highest BCUT2D eigenvalue weighted by Gasteiger charge is 2.46. The smallest absolute Gasteiger partial charge is 0.252 e. The summed E-state index contributed by atoms with van der Waals surface area (Å²) in [6, 6.07) is 30.0. The predicted molar refractivity (Wildman–Crippen MR) is 120 cm³/mol. The number of nitrogens with one attached hydrogen (secondary N) is 1. The fourth-order valence-corrected chi connectivity index (χ4v) is 4.05. The predicted octanol–water partition coefficient (Wildman–Crippen LogP) is 6.36. The number of hydrogen-bond acceptors (Lipinski definition) is 2. The van der Waals surface area contributed by atoms with E-state index in [2.05, 4.69) is 41.7 Å². The summed E-state index contributed by atoms with van der Waals surface area (Å²) in [5.74, 6) is 1.35. The van der Waals surface area contributed by atoms with Crippen LogP contribution in [0.1, 0.15) is 34.3 Å². The van der Waals surface area contributed by atoms with E-state index in [9.17, 15) is 4.79 Å². The standard InChI is InChI=1S/C27H23NO2/c1-19-14-15-22(30-21-10-3-2-4-11-21)18-24(19)26(29)28-27(16-17-27)25-13-7-9-20-8-5-6-12-23(20)25/h2-15,18H,16-17H2,1H3,(H,28,29). The lowest BCUT2D eigenvalue weighted by Gasteiger charge is -2.21. The SMILES string of the molecule is Cc1ccc(Oc2ccccc2)cc1C(=O)NC1(c2cccc3ccccc23)CC1. The molecule has 5 rings (SSSR count). The van der Waals surface area contributed by atoms with Gasteiger partial charge in [-0.3, -0.25) is 4.79 Å². The summed E-state index contributed by atoms with van der Waals surface area (Å²) in [6.07, 6.45) is 1.90. The van der Waals surface area contributed by atoms with Crippen molar-refractivity contribution >= 4 is 16.7 Å². The highest BCUT2D eigenvalue weighted by Crippen LogP contribution is 2.48. The quantitative estimate of drug-likeness (QED) is 0.428. The van der Waals surface area contributed by atoms with Crippen LogP contribution in [0, 0.1) is 6.92 Å². The fraction of sp³-hybridized carbons (Fsp3) is 0.148. The Morgan fingerprint density at radius 3 is 2.37 bits per heavy atom. The van der Waals surface area contributed by atoms with Crippen molar-refractivity contribution in [2.75, 3.05) is 0 Å². The van der Waals surface area contributed by atoms with Crippen LogP contribution in [0.2, 0.25) is 0 Å². The normalized spacial score (nSPS) is 14.3. The number of ether oxygens (including phenoxy) is 1. The summed E-state index contributed by atoms with van der Waals surface area (Å²) >= 11 is 0. The van der Waals surface area contributed by atoms with Crippen LogP contribution in [-0.4, -0.2) is 5.91 Å². The molecule has 0 unspecified atom stereocenters. The molecule has 0 saturated heterocycles. The number of fused-ring (bicyclic) bond motifs is 1. The maximum atomic E-state index is 13.3. The van der Waals surface area contributed by atoms with Gasteiger partial charge in [-0.2, -0.15) is 0 Å². The average molecular weight is 393 g/mol. The van der Waals surface area contributed by atoms with Crippen LogP contribution < -0.4 is 10.1 Å². The topological polar surface area (TPSA) is 38.3 Å². The molecule has 4 aromatic carbocycles. The second-order valence-electron chi connectivity index (χ2n) is 7.95. The summed E-state index contributed by atoms with van der Waals surface area (Å²) < 4.78 is 5.93. The molecule has 1 aliphatic carbocycles. The van der Waals surface area contributed by atoms with Gasteiger partial charge < -0.3 is 10.1 Å². The number of rotatable bonds is 5. The third-order valence-corrected chi connectivity index (χ3v) is 5.84. The summed E-state index contributed by atoms with van der Waals surface area (Å²) in [7, 11) is 0. The molecule has 1 amide bonds. The van der Waals surface area contributed by atoms with E-state index in [4.69, 9.17) is 4.74 Å². The molecule has 1 aliphatic rings. The van der Waals surface area contributed by atoms with Gasteiger partial charge in [0.2, 0.25) is 0 Å². The van der Waals surface area contributed by atoms with E-state index in [1.54, 1.807) is 0 Å². The highest BCUT2D eigenvalue weighted by atomic mass is 16.5. The van der Waals surface area contributed by atoms with Gasteiger partial charge in [0.25, 0.3) is 5.91 Å². The molecule has 1 N–H and O–H groups in total. The van der Waals surface area contributed by atoms with E-state index in [0.717, 1.165) is 24.2 Å². The highest BCUT2D eigenvalue weighted by molar-refractivity contribution is 5.97. The van der Waals surface area contributed by atoms with Crippen LogP contribution in [-0.2, 0) is 5.54 Å². The first-order chi connectivity index (χ1) is 14.6. The number of hydrogen-bond donors (Lipinski definition) is 1. The third kappa shape index (κ3) is 3.43. The number of carbonyl (C=O) groups is 1. The van der Waals surface area contributed by atoms with Crippen molar-refractivity contribution in [3.05, 3.63) is 108 Å². The average Bonchev–Trinajstić information content (AvgIpc) is 3.55. The Labute approximate surface area is 176 Å². The molecule has 0 bridgehead atoms. The van der Waals surface area contributed by atoms with E-state index in [-0.39, 0.29) is 11.4 Å². The largest absolute Gasteiger partial charge is 0.457 e. The summed E-state index contributed by atoms with van der Waals surface area (Å²) in [5, 5.41) is 5.73. The van der Waals surface area contributed by atoms with Gasteiger partial charge in [-0.25, -0.2) is 0 Å². The molecule has 30 heavy (non-hydrogen) atoms. The lowest BCUT2D eigenvalue weighted by Crippen LogP contribution is -2.35. The van der Waals surface area contributed by atoms with E-state index in [0.29, 0.717) is 11.3 Å². The molecule has 0 radical (unpaired) electrons. The molecule has 0 heterocycles. The Bertz CT molecular complexity index is 1220. The van der Waals surface area contributed by atoms with E-state index >= 15 is 0 Å². The van der Waals surface area contributed by atoms with Gasteiger partial charge >= 0.3 is 0 Å². The third-order valence-electron chi connectivity index (χ3n) is 5.84. The van der Waals surface area contributed by atoms with Crippen LogP contribution in [0.4, 0.5) is 0 Å². The molecule has 1 fully saturated rings. The van der Waals surface area contributed by atoms with Gasteiger partial charge in [-0.1, -0.05) is 66.7 Å². The Kier molecular flexibility index (Phi) is 4.51. The minimum Gasteiger partial charge on any atom is -0.457 e. The molecule has 0 atom stereocenters. The zero-order valence-corrected chi connectivity index (χ0v) is 16.9. The fourth-order valence-electron chi connectivity index (χ4n) is 4.05. The second-order valence-corrected chi connectivity index (χ2v) is 7.95. The second kappa shape index (κ2) is 7.34. The Morgan fingerprint density at radius 2 is 1.57 bits per heavy atom. The minimum absolute atomic E-state index is 0.0588. The molecule has 148 valence electrons. The van der Waals surface area contributed by atoms with Crippen LogP contribution in [0.3, 0.4) is 0 Å². The molecule has 0 aromatic heterocycles. The van der Waals surface area contributed by atoms with Gasteiger partial charge in [-0.05, 0) is 65.9 Å². The lowest BCUT2D eigenvalue weighted by atomic mass is 9.96. The van der Waals surface area contributed by atoms with Gasteiger partial charge in [0.05, 0.1) is 5.54 Å². The van der Waals surface area contributed by atoms with Crippen molar-refractivity contribution in [1.82, 2.24) is 5.32 Å². The number of carbonyl (C=O) groups excluding carboxylic acids is 1. The van der Waals surface area contributed by atoms with E-state index in [1.165, 1.54) is 16.3 Å². The van der Waals surface area contributed by atoms with Gasteiger partial charge in [-0.15, -0.1) is 0 Å². The molecule has 3 nitrogen and oxygen atoms in total. The molecular weight excluding hydrogens is 370 g/mol. The Balaban J connectivity index is 1.43. The van der Waals surface area contributed by atoms with Crippen molar-refractivity contribution < 1.29 is 9.53 Å². The van der Waals surface area contributed by atoms with Crippen LogP contribution in [0.5, 0.6) is 11.5 Å². The van der Waals surface area contributed by atoms with Gasteiger partial charge in [0, 0.05) is 5.56 Å². The van der Waals surface area contributed by atoms with E-state index < -0.39 is 0 Å². The molecule has 1 saturated carbocycles. The zero-order valence-electron chi connectivity index (χ0n) is 16.9. The molecule has 4 aromatic rings. The van der Waals surface area contributed by atoms with Gasteiger partial charge in [0.1, 0.15) is 11.5 Å². The molecule has 0 aliphatic heterocycles. The molecular formula is C27H23NO2. The number of para-hydroxylation sites is 1. The van der Waals surface area contributed by atoms with E-state index in [1.807, 2.05) is 61.5 Å². The van der Waals surface area contributed by atoms with Crippen LogP contribution in [0.25, 0.3) is 10.8 Å². The minimum atomic E-state index is -0.291. The first-order valence-electron chi connectivity index (χ1n) is 10.3. The van der Waals surface area contributed by atoms with Crippen molar-refractivity contribution in [1.29, 1.82) is 0 Å². The maximum absolute atomic E-state index is 13.3. The van der Waals surface area contributed by atoms with Gasteiger partial charge in [0.15, 0.2) is 0 Å². The van der Waals surface area contributed by atoms with Crippen molar-refractivity contribution in [3.8, 4) is 11.5 Å². The van der Waals surface area contributed by atoms with Crippen molar-refractivity contribution in [2.24, 2.45) is 0 Å². The number of amides is 1. The Morgan fingerprint density at radius 1 is 0.833 bits per heavy atom. The number of benzene rings is 4. The zero-order chi connectivity index (χ0) is 20.6. The monoisotopic (exact) mass is 393 g/mol. The van der Waals surface area contributed by atoms with Crippen molar-refractivity contribution in [3.63, 3.8) is 0 Å². The first-order valence-corrected chi connectivity index (χ1v) is 10.3.